The van der Waals surface area contributed by atoms with Crippen LogP contribution in [0.1, 0.15) is 64.8 Å². The molecule has 0 spiro atoms. The van der Waals surface area contributed by atoms with Crippen LogP contribution in [-0.4, -0.2) is 48.1 Å². The first kappa shape index (κ1) is 28.8. The number of ketones is 1. The second-order valence-electron chi connectivity index (χ2n) is 9.31. The van der Waals surface area contributed by atoms with E-state index in [2.05, 4.69) is 4.98 Å². The molecule has 1 aliphatic rings. The summed E-state index contributed by atoms with van der Waals surface area (Å²) in [6, 6.07) is 11.2. The van der Waals surface area contributed by atoms with Crippen LogP contribution in [-0.2, 0) is 14.3 Å². The largest absolute Gasteiger partial charge is 0.507 e. The van der Waals surface area contributed by atoms with Gasteiger partial charge in [-0.1, -0.05) is 37.3 Å². The highest BCUT2D eigenvalue weighted by molar-refractivity contribution is 7.17. The Morgan fingerprint density at radius 2 is 1.62 bits per heavy atom. The molecule has 1 aromatic heterocycles. The zero-order chi connectivity index (χ0) is 29.0. The van der Waals surface area contributed by atoms with Crippen molar-refractivity contribution in [3.05, 3.63) is 75.3 Å². The number of aliphatic hydroxyl groups excluding tert-OH is 1. The number of aliphatic hydroxyl groups is 1. The number of benzene rings is 2. The summed E-state index contributed by atoms with van der Waals surface area (Å²) in [5, 5.41) is 11.7. The van der Waals surface area contributed by atoms with Crippen LogP contribution in [0.5, 0.6) is 11.5 Å². The molecule has 1 atom stereocenters. The number of rotatable bonds is 10. The zero-order valence-electron chi connectivity index (χ0n) is 23.1. The number of Topliss-reactive ketones (excluding diaryl/α,β-unsaturated/α-hetero) is 1. The van der Waals surface area contributed by atoms with Crippen molar-refractivity contribution in [2.75, 3.05) is 25.2 Å². The van der Waals surface area contributed by atoms with Crippen molar-refractivity contribution in [3.63, 3.8) is 0 Å². The number of hydrogen-bond acceptors (Lipinski definition) is 9. The Morgan fingerprint density at radius 1 is 1.00 bits per heavy atom. The van der Waals surface area contributed by atoms with Gasteiger partial charge in [-0.25, -0.2) is 9.78 Å². The van der Waals surface area contributed by atoms with Gasteiger partial charge in [0.1, 0.15) is 22.1 Å². The topological polar surface area (TPSA) is 115 Å². The lowest BCUT2D eigenvalue weighted by molar-refractivity contribution is -0.132. The molecule has 1 fully saturated rings. The lowest BCUT2D eigenvalue weighted by Gasteiger charge is -2.23. The molecule has 2 heterocycles. The Morgan fingerprint density at radius 3 is 2.23 bits per heavy atom. The van der Waals surface area contributed by atoms with E-state index >= 15 is 0 Å². The van der Waals surface area contributed by atoms with Gasteiger partial charge in [0.05, 0.1) is 37.6 Å². The van der Waals surface area contributed by atoms with Crippen LogP contribution in [0.2, 0.25) is 0 Å². The Balaban J connectivity index is 1.86. The summed E-state index contributed by atoms with van der Waals surface area (Å²) >= 11 is 0.952. The monoisotopic (exact) mass is 564 g/mol. The number of methoxy groups -OCH3 is 1. The summed E-state index contributed by atoms with van der Waals surface area (Å²) in [5.74, 6) is -1.33. The Bertz CT molecular complexity index is 1460. The number of thiazole rings is 1. The van der Waals surface area contributed by atoms with Gasteiger partial charge in [-0.3, -0.25) is 14.5 Å². The van der Waals surface area contributed by atoms with Crippen molar-refractivity contribution in [1.29, 1.82) is 0 Å². The third-order valence-electron chi connectivity index (χ3n) is 6.40. The van der Waals surface area contributed by atoms with Crippen LogP contribution in [0.25, 0.3) is 5.76 Å². The van der Waals surface area contributed by atoms with Gasteiger partial charge in [-0.15, -0.1) is 0 Å². The molecule has 2 aromatic carbocycles. The van der Waals surface area contributed by atoms with Gasteiger partial charge in [0.25, 0.3) is 5.78 Å². The minimum atomic E-state index is -0.994. The molecule has 40 heavy (non-hydrogen) atoms. The number of amides is 1. The Kier molecular flexibility index (Phi) is 8.89. The fraction of sp³-hybridized carbons (Fsp3) is 0.333. The summed E-state index contributed by atoms with van der Waals surface area (Å²) in [7, 11) is 1.26. The number of ether oxygens (including phenoxy) is 3. The van der Waals surface area contributed by atoms with E-state index in [9.17, 15) is 19.5 Å². The van der Waals surface area contributed by atoms with Crippen molar-refractivity contribution >= 4 is 39.9 Å². The first-order chi connectivity index (χ1) is 19.2. The standard InChI is InChI=1S/C30H32N2O7S/c1-6-14-38-20-10-8-19(9-11-20)24-23(25(33)22-13-12-21(16-17(22)3)39-15-7-2)26(34)28(35)32(24)30-31-18(4)27(40-30)29(36)37-5/h8-13,16,24,33H,6-7,14-15H2,1-5H3/b25-23-. The second-order valence-corrected chi connectivity index (χ2v) is 10.3. The van der Waals surface area contributed by atoms with Crippen LogP contribution in [0.15, 0.2) is 48.0 Å². The fourth-order valence-corrected chi connectivity index (χ4v) is 5.45. The molecule has 4 rings (SSSR count). The molecule has 10 heteroatoms. The highest BCUT2D eigenvalue weighted by atomic mass is 32.1. The van der Waals surface area contributed by atoms with E-state index in [1.165, 1.54) is 12.0 Å². The Labute approximate surface area is 237 Å². The van der Waals surface area contributed by atoms with Crippen molar-refractivity contribution in [3.8, 4) is 11.5 Å². The summed E-state index contributed by atoms with van der Waals surface area (Å²) in [6.07, 6.45) is 1.69. The van der Waals surface area contributed by atoms with Crippen LogP contribution >= 0.6 is 11.3 Å². The third-order valence-corrected chi connectivity index (χ3v) is 7.54. The molecule has 1 amide bonds. The number of anilines is 1. The second kappa shape index (κ2) is 12.3. The van der Waals surface area contributed by atoms with Crippen LogP contribution in [0.3, 0.4) is 0 Å². The minimum absolute atomic E-state index is 0.0787. The molecule has 9 nitrogen and oxygen atoms in total. The van der Waals surface area contributed by atoms with Gasteiger partial charge in [0, 0.05) is 5.56 Å². The number of aromatic nitrogens is 1. The maximum absolute atomic E-state index is 13.5. The average Bonchev–Trinajstić information content (AvgIpc) is 3.46. The molecule has 1 aliphatic heterocycles. The first-order valence-electron chi connectivity index (χ1n) is 13.0. The molecule has 3 aromatic rings. The number of aryl methyl sites for hydroxylation is 2. The molecule has 0 bridgehead atoms. The van der Waals surface area contributed by atoms with E-state index in [0.29, 0.717) is 47.1 Å². The van der Waals surface area contributed by atoms with Crippen molar-refractivity contribution in [2.45, 2.75) is 46.6 Å². The van der Waals surface area contributed by atoms with E-state index in [1.807, 2.05) is 13.8 Å². The molecule has 0 saturated carbocycles. The van der Waals surface area contributed by atoms with Gasteiger partial charge in [-0.05, 0) is 68.1 Å². The zero-order valence-corrected chi connectivity index (χ0v) is 24.0. The van der Waals surface area contributed by atoms with Gasteiger partial charge >= 0.3 is 11.9 Å². The SMILES string of the molecule is CCCOc1ccc(C2/C(=C(/O)c3ccc(OCCC)cc3C)C(=O)C(=O)N2c2nc(C)c(C(=O)OC)s2)cc1. The number of carbonyl (C=O) groups is 3. The molecule has 0 radical (unpaired) electrons. The van der Waals surface area contributed by atoms with Crippen molar-refractivity contribution in [2.24, 2.45) is 0 Å². The van der Waals surface area contributed by atoms with Crippen LogP contribution in [0.4, 0.5) is 5.13 Å². The lowest BCUT2D eigenvalue weighted by Crippen LogP contribution is -2.29. The molecule has 0 aliphatic carbocycles. The van der Waals surface area contributed by atoms with Gasteiger partial charge < -0.3 is 19.3 Å². The lowest BCUT2D eigenvalue weighted by atomic mass is 9.94. The van der Waals surface area contributed by atoms with Crippen LogP contribution in [0, 0.1) is 13.8 Å². The van der Waals surface area contributed by atoms with Gasteiger partial charge in [0.15, 0.2) is 5.13 Å². The molecular weight excluding hydrogens is 532 g/mol. The predicted molar refractivity (Wildman–Crippen MR) is 152 cm³/mol. The van der Waals surface area contributed by atoms with E-state index in [1.54, 1.807) is 56.3 Å². The predicted octanol–water partition coefficient (Wildman–Crippen LogP) is 5.75. The molecule has 1 unspecified atom stereocenters. The van der Waals surface area contributed by atoms with Crippen molar-refractivity contribution < 1.29 is 33.7 Å². The fourth-order valence-electron chi connectivity index (χ4n) is 4.44. The maximum Gasteiger partial charge on any atom is 0.350 e. The number of esters is 1. The molecular formula is C30H32N2O7S. The number of nitrogens with zero attached hydrogens (tertiary/aromatic N) is 2. The summed E-state index contributed by atoms with van der Waals surface area (Å²) < 4.78 is 16.2. The van der Waals surface area contributed by atoms with E-state index in [4.69, 9.17) is 14.2 Å². The van der Waals surface area contributed by atoms with Gasteiger partial charge in [-0.2, -0.15) is 0 Å². The number of carbonyl (C=O) groups excluding carboxylic acids is 3. The summed E-state index contributed by atoms with van der Waals surface area (Å²) in [6.45, 7) is 8.53. The smallest absolute Gasteiger partial charge is 0.350 e. The minimum Gasteiger partial charge on any atom is -0.507 e. The highest BCUT2D eigenvalue weighted by Crippen LogP contribution is 2.44. The van der Waals surface area contributed by atoms with E-state index in [0.717, 1.165) is 24.2 Å². The van der Waals surface area contributed by atoms with Gasteiger partial charge in [0.2, 0.25) is 0 Å². The summed E-state index contributed by atoms with van der Waals surface area (Å²) in [5.41, 5.74) is 1.94. The quantitative estimate of drug-likeness (QED) is 0.143. The Hall–Kier alpha value is -4.18. The maximum atomic E-state index is 13.5. The number of hydrogen-bond donors (Lipinski definition) is 1. The highest BCUT2D eigenvalue weighted by Gasteiger charge is 2.48. The average molecular weight is 565 g/mol. The van der Waals surface area contributed by atoms with E-state index < -0.39 is 23.7 Å². The normalized spacial score (nSPS) is 16.3. The van der Waals surface area contributed by atoms with E-state index in [-0.39, 0.29) is 21.3 Å². The third kappa shape index (κ3) is 5.58. The summed E-state index contributed by atoms with van der Waals surface area (Å²) in [4.78, 5) is 45.2. The first-order valence-corrected chi connectivity index (χ1v) is 13.9. The van der Waals surface area contributed by atoms with Crippen molar-refractivity contribution in [1.82, 2.24) is 4.98 Å². The molecule has 1 saturated heterocycles. The molecule has 1 N–H and O–H groups in total. The van der Waals surface area contributed by atoms with Crippen LogP contribution < -0.4 is 14.4 Å². The molecule has 210 valence electrons.